The molecule has 1 aromatic heterocycles. The quantitative estimate of drug-likeness (QED) is 0.576. The molecule has 0 atom stereocenters. The number of hydrogen-bond acceptors (Lipinski definition) is 2. The molecule has 0 aliphatic heterocycles. The molecule has 2 rings (SSSR count). The Morgan fingerprint density at radius 3 is 3.20 bits per heavy atom. The summed E-state index contributed by atoms with van der Waals surface area (Å²) >= 11 is 0. The van der Waals surface area contributed by atoms with Gasteiger partial charge in [0.25, 0.3) is 0 Å². The first-order chi connectivity index (χ1) is 4.88. The van der Waals surface area contributed by atoms with E-state index in [2.05, 4.69) is 11.1 Å². The maximum atomic E-state index is 5.68. The third-order valence-electron chi connectivity index (χ3n) is 1.70. The highest BCUT2D eigenvalue weighted by molar-refractivity contribution is 5.69. The van der Waals surface area contributed by atoms with E-state index < -0.39 is 0 Å². The number of allylic oxidation sites excluding steroid dienone is 1. The number of nitrogens with zero attached hydrogens (tertiary/aromatic N) is 1. The summed E-state index contributed by atoms with van der Waals surface area (Å²) in [5, 5.41) is 0. The zero-order chi connectivity index (χ0) is 6.97. The highest BCUT2D eigenvalue weighted by atomic mass is 14.7. The molecule has 0 saturated heterocycles. The van der Waals surface area contributed by atoms with E-state index >= 15 is 0 Å². The van der Waals surface area contributed by atoms with Crippen LogP contribution in [0.1, 0.15) is 11.3 Å². The van der Waals surface area contributed by atoms with Gasteiger partial charge >= 0.3 is 0 Å². The minimum absolute atomic E-state index is 0.832. The summed E-state index contributed by atoms with van der Waals surface area (Å²) in [4.78, 5) is 4.18. The van der Waals surface area contributed by atoms with Gasteiger partial charge in [-0.15, -0.1) is 0 Å². The first-order valence-corrected chi connectivity index (χ1v) is 3.28. The van der Waals surface area contributed by atoms with Gasteiger partial charge in [-0.1, -0.05) is 12.2 Å². The zero-order valence-corrected chi connectivity index (χ0v) is 5.54. The molecule has 0 aromatic carbocycles. The average Bonchev–Trinajstić information content (AvgIpc) is 2.36. The van der Waals surface area contributed by atoms with Crippen LogP contribution in [0.3, 0.4) is 0 Å². The highest BCUT2D eigenvalue weighted by Crippen LogP contribution is 2.21. The fourth-order valence-corrected chi connectivity index (χ4v) is 1.18. The van der Waals surface area contributed by atoms with Crippen molar-refractivity contribution in [2.75, 3.05) is 5.73 Å². The predicted octanol–water partition coefficient (Wildman–Crippen LogP) is 1.23. The molecule has 0 fully saturated rings. The fraction of sp³-hybridized carbons (Fsp3) is 0.125. The SMILES string of the molecule is Nc1ccnc2c1C=CC2. The summed E-state index contributed by atoms with van der Waals surface area (Å²) in [5.41, 5.74) is 8.71. The van der Waals surface area contributed by atoms with E-state index in [0.717, 1.165) is 23.4 Å². The lowest BCUT2D eigenvalue weighted by Crippen LogP contribution is -1.93. The molecule has 0 amide bonds. The third-order valence-corrected chi connectivity index (χ3v) is 1.70. The zero-order valence-electron chi connectivity index (χ0n) is 5.54. The van der Waals surface area contributed by atoms with Gasteiger partial charge < -0.3 is 5.73 Å². The normalized spacial score (nSPS) is 13.6. The first-order valence-electron chi connectivity index (χ1n) is 3.28. The molecule has 1 aliphatic rings. The molecular weight excluding hydrogens is 124 g/mol. The van der Waals surface area contributed by atoms with Gasteiger partial charge in [0, 0.05) is 23.9 Å². The van der Waals surface area contributed by atoms with Crippen molar-refractivity contribution in [1.82, 2.24) is 4.98 Å². The van der Waals surface area contributed by atoms with Gasteiger partial charge in [-0.25, -0.2) is 0 Å². The number of rotatable bonds is 0. The van der Waals surface area contributed by atoms with Gasteiger partial charge in [0.15, 0.2) is 0 Å². The van der Waals surface area contributed by atoms with Crippen molar-refractivity contribution >= 4 is 11.8 Å². The number of fused-ring (bicyclic) bond motifs is 1. The van der Waals surface area contributed by atoms with Crippen LogP contribution in [0.25, 0.3) is 6.08 Å². The lowest BCUT2D eigenvalue weighted by atomic mass is 10.2. The Morgan fingerprint density at radius 1 is 1.50 bits per heavy atom. The maximum absolute atomic E-state index is 5.68. The molecule has 0 radical (unpaired) electrons. The molecule has 1 heterocycles. The van der Waals surface area contributed by atoms with Crippen molar-refractivity contribution in [1.29, 1.82) is 0 Å². The monoisotopic (exact) mass is 132 g/mol. The minimum atomic E-state index is 0.832. The molecule has 1 aliphatic carbocycles. The van der Waals surface area contributed by atoms with Crippen LogP contribution in [0.15, 0.2) is 18.3 Å². The standard InChI is InChI=1S/C8H8N2/c9-7-4-5-10-8-3-1-2-6(7)8/h1-2,4-5H,3H2,(H2,9,10). The van der Waals surface area contributed by atoms with Crippen molar-refractivity contribution in [3.05, 3.63) is 29.6 Å². The Hall–Kier alpha value is -1.31. The largest absolute Gasteiger partial charge is 0.398 e. The van der Waals surface area contributed by atoms with E-state index in [1.807, 2.05) is 12.1 Å². The van der Waals surface area contributed by atoms with Crippen molar-refractivity contribution in [3.63, 3.8) is 0 Å². The van der Waals surface area contributed by atoms with Crippen molar-refractivity contribution in [2.24, 2.45) is 0 Å². The highest BCUT2D eigenvalue weighted by Gasteiger charge is 2.07. The second-order valence-corrected chi connectivity index (χ2v) is 2.37. The number of anilines is 1. The maximum Gasteiger partial charge on any atom is 0.0534 e. The lowest BCUT2D eigenvalue weighted by molar-refractivity contribution is 1.13. The number of nitrogens with two attached hydrogens (primary N) is 1. The summed E-state index contributed by atoms with van der Waals surface area (Å²) in [6.45, 7) is 0. The van der Waals surface area contributed by atoms with Gasteiger partial charge in [0.05, 0.1) is 5.69 Å². The molecule has 0 bridgehead atoms. The summed E-state index contributed by atoms with van der Waals surface area (Å²) in [5.74, 6) is 0. The van der Waals surface area contributed by atoms with Crippen LogP contribution < -0.4 is 5.73 Å². The van der Waals surface area contributed by atoms with E-state index in [1.165, 1.54) is 0 Å². The molecule has 2 N–H and O–H groups in total. The van der Waals surface area contributed by atoms with Crippen LogP contribution in [-0.4, -0.2) is 4.98 Å². The van der Waals surface area contributed by atoms with Crippen LogP contribution >= 0.6 is 0 Å². The Labute approximate surface area is 59.4 Å². The van der Waals surface area contributed by atoms with E-state index in [-0.39, 0.29) is 0 Å². The molecule has 1 aromatic rings. The van der Waals surface area contributed by atoms with Gasteiger partial charge in [0.2, 0.25) is 0 Å². The van der Waals surface area contributed by atoms with Crippen LogP contribution in [0.4, 0.5) is 5.69 Å². The molecule has 2 heteroatoms. The Kier molecular flexibility index (Phi) is 1.01. The number of aromatic nitrogens is 1. The summed E-state index contributed by atoms with van der Waals surface area (Å²) in [6.07, 6.45) is 6.78. The molecule has 50 valence electrons. The summed E-state index contributed by atoms with van der Waals surface area (Å²) in [7, 11) is 0. The van der Waals surface area contributed by atoms with Crippen molar-refractivity contribution in [2.45, 2.75) is 6.42 Å². The fourth-order valence-electron chi connectivity index (χ4n) is 1.18. The third kappa shape index (κ3) is 0.620. The van der Waals surface area contributed by atoms with Crippen LogP contribution in [-0.2, 0) is 6.42 Å². The Bertz CT molecular complexity index is 289. The number of hydrogen-bond donors (Lipinski definition) is 1. The van der Waals surface area contributed by atoms with Gasteiger partial charge in [-0.2, -0.15) is 0 Å². The van der Waals surface area contributed by atoms with Gasteiger partial charge in [-0.3, -0.25) is 4.98 Å². The van der Waals surface area contributed by atoms with Crippen molar-refractivity contribution < 1.29 is 0 Å². The molecule has 0 unspecified atom stereocenters. The predicted molar refractivity (Wildman–Crippen MR) is 41.4 cm³/mol. The van der Waals surface area contributed by atoms with E-state index in [4.69, 9.17) is 5.73 Å². The second-order valence-electron chi connectivity index (χ2n) is 2.37. The van der Waals surface area contributed by atoms with E-state index in [0.29, 0.717) is 0 Å². The smallest absolute Gasteiger partial charge is 0.0534 e. The molecular formula is C8H8N2. The van der Waals surface area contributed by atoms with Crippen LogP contribution in [0.2, 0.25) is 0 Å². The topological polar surface area (TPSA) is 38.9 Å². The molecule has 0 spiro atoms. The number of pyridine rings is 1. The molecule has 10 heavy (non-hydrogen) atoms. The van der Waals surface area contributed by atoms with Gasteiger partial charge in [-0.05, 0) is 6.07 Å². The van der Waals surface area contributed by atoms with Gasteiger partial charge in [0.1, 0.15) is 0 Å². The van der Waals surface area contributed by atoms with Crippen LogP contribution in [0, 0.1) is 0 Å². The van der Waals surface area contributed by atoms with Crippen molar-refractivity contribution in [3.8, 4) is 0 Å². The molecule has 2 nitrogen and oxygen atoms in total. The lowest BCUT2D eigenvalue weighted by Gasteiger charge is -1.98. The number of nitrogen functional groups attached to an aromatic ring is 1. The second kappa shape index (κ2) is 1.84. The van der Waals surface area contributed by atoms with Crippen LogP contribution in [0.5, 0.6) is 0 Å². The average molecular weight is 132 g/mol. The first kappa shape index (κ1) is 5.47. The minimum Gasteiger partial charge on any atom is -0.398 e. The van der Waals surface area contributed by atoms with E-state index in [1.54, 1.807) is 6.20 Å². The Balaban J connectivity index is 2.67. The summed E-state index contributed by atoms with van der Waals surface area (Å²) < 4.78 is 0. The van der Waals surface area contributed by atoms with E-state index in [9.17, 15) is 0 Å². The summed E-state index contributed by atoms with van der Waals surface area (Å²) in [6, 6.07) is 1.83. The Morgan fingerprint density at radius 2 is 2.40 bits per heavy atom. The molecule has 0 saturated carbocycles.